The maximum atomic E-state index is 10.4. The van der Waals surface area contributed by atoms with E-state index >= 15 is 0 Å². The highest BCUT2D eigenvalue weighted by Crippen LogP contribution is 2.32. The lowest BCUT2D eigenvalue weighted by molar-refractivity contribution is 0.000122. The summed E-state index contributed by atoms with van der Waals surface area (Å²) in [4.78, 5) is 5.33. The molecule has 2 saturated heterocycles. The van der Waals surface area contributed by atoms with Crippen LogP contribution in [0.2, 0.25) is 0 Å². The summed E-state index contributed by atoms with van der Waals surface area (Å²) in [5.74, 6) is 0.844. The molecule has 110 valence electrons. The monoisotopic (exact) mass is 266 g/mol. The van der Waals surface area contributed by atoms with Crippen molar-refractivity contribution in [3.8, 4) is 0 Å². The first kappa shape index (κ1) is 13.8. The molecule has 0 aromatic heterocycles. The van der Waals surface area contributed by atoms with Crippen LogP contribution in [0.25, 0.3) is 0 Å². The molecule has 4 atom stereocenters. The van der Waals surface area contributed by atoms with Gasteiger partial charge in [0, 0.05) is 18.6 Å². The van der Waals surface area contributed by atoms with Crippen LogP contribution in [0.1, 0.15) is 51.9 Å². The predicted octanol–water partition coefficient (Wildman–Crippen LogP) is 2.10. The van der Waals surface area contributed by atoms with Crippen molar-refractivity contribution < 1.29 is 5.11 Å². The molecule has 4 unspecified atom stereocenters. The van der Waals surface area contributed by atoms with Gasteiger partial charge in [-0.15, -0.1) is 0 Å². The van der Waals surface area contributed by atoms with Crippen LogP contribution in [0, 0.1) is 5.92 Å². The van der Waals surface area contributed by atoms with E-state index in [-0.39, 0.29) is 6.10 Å². The number of aliphatic hydroxyl groups excluding tert-OH is 1. The summed E-state index contributed by atoms with van der Waals surface area (Å²) in [6.07, 6.45) is 8.73. The summed E-state index contributed by atoms with van der Waals surface area (Å²) < 4.78 is 0. The average Bonchev–Trinajstić information content (AvgIpc) is 2.77. The Morgan fingerprint density at radius 1 is 1.00 bits per heavy atom. The largest absolute Gasteiger partial charge is 0.391 e. The van der Waals surface area contributed by atoms with Gasteiger partial charge in [0.25, 0.3) is 0 Å². The van der Waals surface area contributed by atoms with Gasteiger partial charge in [0.2, 0.25) is 0 Å². The van der Waals surface area contributed by atoms with Crippen molar-refractivity contribution in [3.63, 3.8) is 0 Å². The van der Waals surface area contributed by atoms with Gasteiger partial charge in [0.05, 0.1) is 6.10 Å². The SMILES string of the molecule is CCC1CCC(O)C(N2CCCN3CCCC3C2)C1. The van der Waals surface area contributed by atoms with Crippen LogP contribution in [0.15, 0.2) is 0 Å². The number of hydrogen-bond donors (Lipinski definition) is 1. The molecule has 19 heavy (non-hydrogen) atoms. The lowest BCUT2D eigenvalue weighted by Gasteiger charge is -2.41. The smallest absolute Gasteiger partial charge is 0.0695 e. The van der Waals surface area contributed by atoms with Gasteiger partial charge >= 0.3 is 0 Å². The Labute approximate surface area is 118 Å². The first-order valence-corrected chi connectivity index (χ1v) is 8.44. The van der Waals surface area contributed by atoms with Crippen molar-refractivity contribution in [3.05, 3.63) is 0 Å². The molecule has 1 aliphatic carbocycles. The Morgan fingerprint density at radius 3 is 2.63 bits per heavy atom. The second-order valence-corrected chi connectivity index (χ2v) is 6.90. The average molecular weight is 266 g/mol. The van der Waals surface area contributed by atoms with Gasteiger partial charge in [0.1, 0.15) is 0 Å². The van der Waals surface area contributed by atoms with Crippen molar-refractivity contribution in [2.24, 2.45) is 5.92 Å². The second-order valence-electron chi connectivity index (χ2n) is 6.90. The molecule has 0 aromatic rings. The van der Waals surface area contributed by atoms with E-state index in [1.807, 2.05) is 0 Å². The van der Waals surface area contributed by atoms with Crippen LogP contribution in [-0.4, -0.2) is 59.3 Å². The molecule has 0 bridgehead atoms. The molecule has 3 aliphatic rings. The van der Waals surface area contributed by atoms with E-state index in [1.54, 1.807) is 0 Å². The number of hydrogen-bond acceptors (Lipinski definition) is 3. The van der Waals surface area contributed by atoms with Gasteiger partial charge in [-0.1, -0.05) is 13.3 Å². The van der Waals surface area contributed by atoms with Crippen molar-refractivity contribution in [1.29, 1.82) is 0 Å². The van der Waals surface area contributed by atoms with Crippen molar-refractivity contribution in [2.45, 2.75) is 70.1 Å². The fourth-order valence-corrected chi connectivity index (χ4v) is 4.51. The lowest BCUT2D eigenvalue weighted by atomic mass is 9.81. The zero-order chi connectivity index (χ0) is 13.2. The molecule has 1 saturated carbocycles. The van der Waals surface area contributed by atoms with E-state index in [0.717, 1.165) is 18.4 Å². The quantitative estimate of drug-likeness (QED) is 0.829. The van der Waals surface area contributed by atoms with Crippen LogP contribution in [-0.2, 0) is 0 Å². The fourth-order valence-electron chi connectivity index (χ4n) is 4.51. The molecule has 3 heteroatoms. The van der Waals surface area contributed by atoms with E-state index < -0.39 is 0 Å². The molecule has 0 aromatic carbocycles. The van der Waals surface area contributed by atoms with Gasteiger partial charge in [-0.25, -0.2) is 0 Å². The maximum absolute atomic E-state index is 10.4. The Balaban J connectivity index is 1.65. The van der Waals surface area contributed by atoms with E-state index in [9.17, 15) is 5.11 Å². The number of rotatable bonds is 2. The third kappa shape index (κ3) is 2.98. The van der Waals surface area contributed by atoms with Gasteiger partial charge in [0.15, 0.2) is 0 Å². The second kappa shape index (κ2) is 6.11. The predicted molar refractivity (Wildman–Crippen MR) is 78.2 cm³/mol. The Kier molecular flexibility index (Phi) is 4.45. The number of fused-ring (bicyclic) bond motifs is 1. The zero-order valence-corrected chi connectivity index (χ0v) is 12.4. The van der Waals surface area contributed by atoms with E-state index in [2.05, 4.69) is 16.7 Å². The fraction of sp³-hybridized carbons (Fsp3) is 1.00. The molecule has 0 amide bonds. The van der Waals surface area contributed by atoms with E-state index in [0.29, 0.717) is 6.04 Å². The van der Waals surface area contributed by atoms with E-state index in [1.165, 1.54) is 64.7 Å². The minimum atomic E-state index is -0.0734. The standard InChI is InChI=1S/C16H30N2O/c1-2-13-6-7-16(19)15(11-13)18-10-4-9-17-8-3-5-14(17)12-18/h13-16,19H,2-12H2,1H3. The zero-order valence-electron chi connectivity index (χ0n) is 12.4. The highest BCUT2D eigenvalue weighted by atomic mass is 16.3. The molecule has 3 fully saturated rings. The third-order valence-electron chi connectivity index (χ3n) is 5.77. The summed E-state index contributed by atoms with van der Waals surface area (Å²) in [7, 11) is 0. The summed E-state index contributed by atoms with van der Waals surface area (Å²) in [5.41, 5.74) is 0. The summed E-state index contributed by atoms with van der Waals surface area (Å²) in [5, 5.41) is 10.4. The van der Waals surface area contributed by atoms with Crippen molar-refractivity contribution in [2.75, 3.05) is 26.2 Å². The highest BCUT2D eigenvalue weighted by molar-refractivity contribution is 4.92. The molecule has 0 spiro atoms. The minimum absolute atomic E-state index is 0.0734. The number of aliphatic hydroxyl groups is 1. The van der Waals surface area contributed by atoms with Crippen LogP contribution in [0.3, 0.4) is 0 Å². The summed E-state index contributed by atoms with van der Waals surface area (Å²) in [6, 6.07) is 1.22. The van der Waals surface area contributed by atoms with Crippen LogP contribution < -0.4 is 0 Å². The molecular weight excluding hydrogens is 236 g/mol. The van der Waals surface area contributed by atoms with Crippen LogP contribution in [0.5, 0.6) is 0 Å². The Morgan fingerprint density at radius 2 is 1.79 bits per heavy atom. The summed E-state index contributed by atoms with van der Waals surface area (Å²) >= 11 is 0. The van der Waals surface area contributed by atoms with Crippen molar-refractivity contribution >= 4 is 0 Å². The molecule has 1 N–H and O–H groups in total. The maximum Gasteiger partial charge on any atom is 0.0695 e. The molecule has 2 heterocycles. The first-order valence-electron chi connectivity index (χ1n) is 8.44. The minimum Gasteiger partial charge on any atom is -0.391 e. The molecule has 2 aliphatic heterocycles. The topological polar surface area (TPSA) is 26.7 Å². The number of nitrogens with zero attached hydrogens (tertiary/aromatic N) is 2. The Hall–Kier alpha value is -0.120. The van der Waals surface area contributed by atoms with Gasteiger partial charge in [-0.2, -0.15) is 0 Å². The van der Waals surface area contributed by atoms with Gasteiger partial charge < -0.3 is 5.11 Å². The third-order valence-corrected chi connectivity index (χ3v) is 5.77. The van der Waals surface area contributed by atoms with Gasteiger partial charge in [-0.05, 0) is 64.1 Å². The van der Waals surface area contributed by atoms with Gasteiger partial charge in [-0.3, -0.25) is 9.80 Å². The summed E-state index contributed by atoms with van der Waals surface area (Å²) in [6.45, 7) is 7.30. The van der Waals surface area contributed by atoms with Crippen molar-refractivity contribution in [1.82, 2.24) is 9.80 Å². The van der Waals surface area contributed by atoms with E-state index in [4.69, 9.17) is 0 Å². The Bertz CT molecular complexity index is 296. The van der Waals surface area contributed by atoms with Crippen LogP contribution >= 0.6 is 0 Å². The molecular formula is C16H30N2O. The highest BCUT2D eigenvalue weighted by Gasteiger charge is 2.36. The lowest BCUT2D eigenvalue weighted by Crippen LogP contribution is -2.50. The molecule has 3 nitrogen and oxygen atoms in total. The van der Waals surface area contributed by atoms with Crippen LogP contribution in [0.4, 0.5) is 0 Å². The molecule has 3 rings (SSSR count). The normalized spacial score (nSPS) is 42.0. The molecule has 0 radical (unpaired) electrons. The first-order chi connectivity index (χ1) is 9.28.